The van der Waals surface area contributed by atoms with Crippen LogP contribution in [0.2, 0.25) is 0 Å². The molecular weight excluding hydrogens is 236 g/mol. The van der Waals surface area contributed by atoms with E-state index in [1.807, 2.05) is 20.8 Å². The van der Waals surface area contributed by atoms with Crippen molar-refractivity contribution >= 4 is 5.78 Å². The Labute approximate surface area is 117 Å². The minimum atomic E-state index is -0.321. The first-order valence-electron chi connectivity index (χ1n) is 7.26. The molecule has 1 heterocycles. The Bertz CT molecular complexity index is 438. The smallest absolute Gasteiger partial charge is 0.164 e. The van der Waals surface area contributed by atoms with E-state index in [1.165, 1.54) is 0 Å². The lowest BCUT2D eigenvalue weighted by Gasteiger charge is -2.66. The van der Waals surface area contributed by atoms with Crippen molar-refractivity contribution < 1.29 is 9.53 Å². The Balaban J connectivity index is 2.48. The van der Waals surface area contributed by atoms with E-state index in [0.29, 0.717) is 5.92 Å². The summed E-state index contributed by atoms with van der Waals surface area (Å²) in [5.41, 5.74) is 0.323. The van der Waals surface area contributed by atoms with Gasteiger partial charge in [0.15, 0.2) is 5.78 Å². The van der Waals surface area contributed by atoms with Gasteiger partial charge in [0.25, 0.3) is 0 Å². The predicted octanol–water partition coefficient (Wildman–Crippen LogP) is 4.14. The molecule has 2 atom stereocenters. The molecule has 2 nitrogen and oxygen atoms in total. The van der Waals surface area contributed by atoms with Gasteiger partial charge in [-0.25, -0.2) is 0 Å². The molecule has 0 aromatic heterocycles. The largest absolute Gasteiger partial charge is 0.364 e. The number of hydrogen-bond donors (Lipinski definition) is 0. The zero-order valence-corrected chi connectivity index (χ0v) is 13.7. The summed E-state index contributed by atoms with van der Waals surface area (Å²) in [7, 11) is 0. The minimum absolute atomic E-state index is 0.120. The van der Waals surface area contributed by atoms with Gasteiger partial charge in [0.1, 0.15) is 0 Å². The molecule has 1 aliphatic carbocycles. The maximum absolute atomic E-state index is 12.3. The van der Waals surface area contributed by atoms with Gasteiger partial charge in [-0.1, -0.05) is 34.6 Å². The summed E-state index contributed by atoms with van der Waals surface area (Å²) in [5, 5.41) is 0. The average Bonchev–Trinajstić information content (AvgIpc) is 2.07. The number of allylic oxidation sites excluding steroid dienone is 1. The van der Waals surface area contributed by atoms with Gasteiger partial charge in [0, 0.05) is 11.3 Å². The van der Waals surface area contributed by atoms with Crippen LogP contribution in [0.3, 0.4) is 0 Å². The highest BCUT2D eigenvalue weighted by molar-refractivity contribution is 6.00. The standard InChI is InChI=1S/C17H28O2/c1-11-9-17(10-15(5,6)12(11)18)13(14(2,3)4)16(7,8)19-17/h9,13H,10H2,1-8H3/t13-,17+/m1/s1. The fourth-order valence-corrected chi connectivity index (χ4v) is 4.95. The van der Waals surface area contributed by atoms with E-state index in [4.69, 9.17) is 4.74 Å². The maximum atomic E-state index is 12.3. The summed E-state index contributed by atoms with van der Waals surface area (Å²) >= 11 is 0. The number of Topliss-reactive ketones (excluding diaryl/α,β-unsaturated/α-hetero) is 1. The first-order valence-corrected chi connectivity index (χ1v) is 7.26. The van der Waals surface area contributed by atoms with Crippen molar-refractivity contribution in [2.24, 2.45) is 16.7 Å². The van der Waals surface area contributed by atoms with Crippen molar-refractivity contribution in [1.29, 1.82) is 0 Å². The molecule has 1 aliphatic heterocycles. The molecule has 0 unspecified atom stereocenters. The second kappa shape index (κ2) is 3.72. The third-order valence-corrected chi connectivity index (χ3v) is 4.65. The van der Waals surface area contributed by atoms with Crippen molar-refractivity contribution in [3.8, 4) is 0 Å². The molecule has 1 spiro atoms. The molecule has 108 valence electrons. The number of hydrogen-bond acceptors (Lipinski definition) is 2. The molecule has 0 aromatic carbocycles. The number of rotatable bonds is 0. The zero-order chi connectivity index (χ0) is 14.9. The molecule has 1 saturated heterocycles. The third-order valence-electron chi connectivity index (χ3n) is 4.65. The van der Waals surface area contributed by atoms with Gasteiger partial charge >= 0.3 is 0 Å². The molecule has 0 radical (unpaired) electrons. The summed E-state index contributed by atoms with van der Waals surface area (Å²) in [6, 6.07) is 0. The van der Waals surface area contributed by atoms with Crippen LogP contribution in [0, 0.1) is 16.7 Å². The second-order valence-corrected chi connectivity index (χ2v) is 8.68. The summed E-state index contributed by atoms with van der Waals surface area (Å²) in [4.78, 5) is 12.3. The molecule has 0 bridgehead atoms. The lowest BCUT2D eigenvalue weighted by atomic mass is 9.52. The summed E-state index contributed by atoms with van der Waals surface area (Å²) < 4.78 is 6.32. The fourth-order valence-electron chi connectivity index (χ4n) is 4.95. The van der Waals surface area contributed by atoms with Gasteiger partial charge in [-0.3, -0.25) is 4.79 Å². The SMILES string of the molecule is CC1=C[C@@]2(CC(C)(C)C1=O)OC(C)(C)[C@H]2C(C)(C)C. The fraction of sp³-hybridized carbons (Fsp3) is 0.824. The van der Waals surface area contributed by atoms with Crippen LogP contribution >= 0.6 is 0 Å². The Kier molecular flexibility index (Phi) is 2.89. The number of ketones is 1. The molecule has 0 aromatic rings. The molecule has 2 rings (SSSR count). The summed E-state index contributed by atoms with van der Waals surface area (Å²) in [5.74, 6) is 0.689. The van der Waals surface area contributed by atoms with Crippen LogP contribution in [0.4, 0.5) is 0 Å². The van der Waals surface area contributed by atoms with Crippen LogP contribution in [0.1, 0.15) is 61.8 Å². The zero-order valence-electron chi connectivity index (χ0n) is 13.7. The monoisotopic (exact) mass is 264 g/mol. The Morgan fingerprint density at radius 2 is 1.74 bits per heavy atom. The van der Waals surface area contributed by atoms with Gasteiger partial charge in [0.2, 0.25) is 0 Å². The van der Waals surface area contributed by atoms with Crippen LogP contribution in [-0.4, -0.2) is 17.0 Å². The number of ether oxygens (including phenoxy) is 1. The van der Waals surface area contributed by atoms with E-state index >= 15 is 0 Å². The average molecular weight is 264 g/mol. The van der Waals surface area contributed by atoms with Crippen molar-refractivity contribution in [1.82, 2.24) is 0 Å². The van der Waals surface area contributed by atoms with Gasteiger partial charge in [-0.05, 0) is 44.3 Å². The highest BCUT2D eigenvalue weighted by Crippen LogP contribution is 2.61. The minimum Gasteiger partial charge on any atom is -0.364 e. The summed E-state index contributed by atoms with van der Waals surface area (Å²) in [6.45, 7) is 17.2. The molecular formula is C17H28O2. The number of carbonyl (C=O) groups excluding carboxylic acids is 1. The normalized spacial score (nSPS) is 36.9. The first-order chi connectivity index (χ1) is 8.32. The van der Waals surface area contributed by atoms with E-state index in [1.54, 1.807) is 0 Å². The summed E-state index contributed by atoms with van der Waals surface area (Å²) in [6.07, 6.45) is 2.89. The van der Waals surface area contributed by atoms with Crippen LogP contribution in [0.25, 0.3) is 0 Å². The Morgan fingerprint density at radius 1 is 1.21 bits per heavy atom. The van der Waals surface area contributed by atoms with Crippen molar-refractivity contribution in [3.63, 3.8) is 0 Å². The topological polar surface area (TPSA) is 26.3 Å². The van der Waals surface area contributed by atoms with Gasteiger partial charge in [-0.2, -0.15) is 0 Å². The number of carbonyl (C=O) groups is 1. The maximum Gasteiger partial charge on any atom is 0.164 e. The van der Waals surface area contributed by atoms with E-state index < -0.39 is 0 Å². The van der Waals surface area contributed by atoms with Crippen molar-refractivity contribution in [2.45, 2.75) is 73.0 Å². The lowest BCUT2D eigenvalue weighted by Crippen LogP contribution is -2.71. The molecule has 0 saturated carbocycles. The Morgan fingerprint density at radius 3 is 2.11 bits per heavy atom. The molecule has 2 heteroatoms. The van der Waals surface area contributed by atoms with Crippen LogP contribution in [0.15, 0.2) is 11.6 Å². The molecule has 19 heavy (non-hydrogen) atoms. The van der Waals surface area contributed by atoms with E-state index in [0.717, 1.165) is 12.0 Å². The third kappa shape index (κ3) is 2.08. The van der Waals surface area contributed by atoms with Crippen LogP contribution < -0.4 is 0 Å². The first kappa shape index (κ1) is 14.8. The van der Waals surface area contributed by atoms with Gasteiger partial charge in [0.05, 0.1) is 11.2 Å². The van der Waals surface area contributed by atoms with Gasteiger partial charge in [-0.15, -0.1) is 0 Å². The van der Waals surface area contributed by atoms with Crippen LogP contribution in [-0.2, 0) is 9.53 Å². The quantitative estimate of drug-likeness (QED) is 0.657. The van der Waals surface area contributed by atoms with E-state index in [-0.39, 0.29) is 27.8 Å². The highest BCUT2D eigenvalue weighted by atomic mass is 16.6. The molecule has 1 fully saturated rings. The second-order valence-electron chi connectivity index (χ2n) is 8.68. The Hall–Kier alpha value is -0.630. The lowest BCUT2D eigenvalue weighted by molar-refractivity contribution is -0.323. The van der Waals surface area contributed by atoms with Crippen molar-refractivity contribution in [2.75, 3.05) is 0 Å². The van der Waals surface area contributed by atoms with E-state index in [9.17, 15) is 4.79 Å². The predicted molar refractivity (Wildman–Crippen MR) is 78.0 cm³/mol. The molecule has 2 aliphatic rings. The van der Waals surface area contributed by atoms with Crippen molar-refractivity contribution in [3.05, 3.63) is 11.6 Å². The van der Waals surface area contributed by atoms with Crippen LogP contribution in [0.5, 0.6) is 0 Å². The highest BCUT2D eigenvalue weighted by Gasteiger charge is 2.65. The van der Waals surface area contributed by atoms with Gasteiger partial charge < -0.3 is 4.74 Å². The molecule has 0 amide bonds. The molecule has 0 N–H and O–H groups in total. The van der Waals surface area contributed by atoms with E-state index in [2.05, 4.69) is 40.7 Å².